The number of fused-ring (bicyclic) bond motifs is 1. The van der Waals surface area contributed by atoms with E-state index in [2.05, 4.69) is 14.9 Å². The van der Waals surface area contributed by atoms with Crippen molar-refractivity contribution in [2.24, 2.45) is 0 Å². The summed E-state index contributed by atoms with van der Waals surface area (Å²) in [7, 11) is -3.71. The molecule has 1 saturated heterocycles. The zero-order valence-corrected chi connectivity index (χ0v) is 16.3. The molecular weight excluding hydrogens is 391 g/mol. The van der Waals surface area contributed by atoms with Crippen molar-refractivity contribution in [3.05, 3.63) is 59.4 Å². The third-order valence-corrected chi connectivity index (χ3v) is 6.26. The summed E-state index contributed by atoms with van der Waals surface area (Å²) in [4.78, 5) is 2.26. The van der Waals surface area contributed by atoms with Gasteiger partial charge in [0.05, 0.1) is 12.2 Å². The van der Waals surface area contributed by atoms with E-state index in [1.807, 2.05) is 12.1 Å². The van der Waals surface area contributed by atoms with Gasteiger partial charge in [0.2, 0.25) is 0 Å². The molecule has 1 fully saturated rings. The van der Waals surface area contributed by atoms with E-state index in [-0.39, 0.29) is 25.5 Å². The highest BCUT2D eigenvalue weighted by atomic mass is 35.5. The standard InChI is InChI=1S/C18H21FN4O2S.ClH/c19-16-5-2-1-4-14(16)13-23-18-7-3-6-17(22-10-8-20-9-11-22)15(18)12-21-26(23,24)25;/h1-7,20-21H,8-13H2;1H. The maximum Gasteiger partial charge on any atom is 0.302 e. The Morgan fingerprint density at radius 3 is 2.44 bits per heavy atom. The van der Waals surface area contributed by atoms with Crippen LogP contribution in [0.4, 0.5) is 15.8 Å². The highest BCUT2D eigenvalue weighted by Crippen LogP contribution is 2.35. The SMILES string of the molecule is Cl.O=S1(=O)NCc2c(N3CCNCC3)cccc2N1Cc1ccccc1F. The molecule has 0 saturated carbocycles. The maximum atomic E-state index is 14.1. The van der Waals surface area contributed by atoms with Gasteiger partial charge >= 0.3 is 10.2 Å². The van der Waals surface area contributed by atoms with Crippen LogP contribution in [0.2, 0.25) is 0 Å². The summed E-state index contributed by atoms with van der Waals surface area (Å²) in [5.74, 6) is -0.409. The number of hydrogen-bond donors (Lipinski definition) is 2. The van der Waals surface area contributed by atoms with Crippen molar-refractivity contribution in [2.75, 3.05) is 35.4 Å². The molecule has 146 valence electrons. The molecule has 0 atom stereocenters. The second kappa shape index (κ2) is 8.02. The molecule has 0 aliphatic carbocycles. The van der Waals surface area contributed by atoms with Gasteiger partial charge < -0.3 is 10.2 Å². The minimum atomic E-state index is -3.71. The molecule has 0 radical (unpaired) electrons. The van der Waals surface area contributed by atoms with Gasteiger partial charge in [0, 0.05) is 49.5 Å². The lowest BCUT2D eigenvalue weighted by molar-refractivity contribution is 0.565. The Balaban J connectivity index is 0.00000210. The van der Waals surface area contributed by atoms with Crippen LogP contribution in [0.1, 0.15) is 11.1 Å². The molecule has 2 aromatic carbocycles. The maximum absolute atomic E-state index is 14.1. The van der Waals surface area contributed by atoms with Crippen LogP contribution in [0.3, 0.4) is 0 Å². The van der Waals surface area contributed by atoms with Crippen LogP contribution in [-0.2, 0) is 23.3 Å². The number of halogens is 2. The lowest BCUT2D eigenvalue weighted by Gasteiger charge is -2.36. The molecule has 6 nitrogen and oxygen atoms in total. The highest BCUT2D eigenvalue weighted by molar-refractivity contribution is 7.90. The largest absolute Gasteiger partial charge is 0.369 e. The van der Waals surface area contributed by atoms with Gasteiger partial charge in [-0.2, -0.15) is 13.1 Å². The Labute approximate surface area is 165 Å². The van der Waals surface area contributed by atoms with E-state index in [0.717, 1.165) is 37.4 Å². The Kier molecular flexibility index (Phi) is 5.90. The minimum absolute atomic E-state index is 0. The first-order chi connectivity index (χ1) is 12.6. The average Bonchev–Trinajstić information content (AvgIpc) is 2.65. The Morgan fingerprint density at radius 1 is 1.00 bits per heavy atom. The van der Waals surface area contributed by atoms with Gasteiger partial charge in [-0.1, -0.05) is 24.3 Å². The van der Waals surface area contributed by atoms with E-state index in [1.54, 1.807) is 24.3 Å². The van der Waals surface area contributed by atoms with Crippen molar-refractivity contribution >= 4 is 34.0 Å². The van der Waals surface area contributed by atoms with Crippen LogP contribution < -0.4 is 19.2 Å². The summed E-state index contributed by atoms with van der Waals surface area (Å²) >= 11 is 0. The fourth-order valence-corrected chi connectivity index (χ4v) is 4.72. The van der Waals surface area contributed by atoms with Gasteiger partial charge in [-0.15, -0.1) is 12.4 Å². The lowest BCUT2D eigenvalue weighted by Crippen LogP contribution is -2.47. The quantitative estimate of drug-likeness (QED) is 0.809. The second-order valence-corrected chi connectivity index (χ2v) is 8.12. The van der Waals surface area contributed by atoms with Crippen LogP contribution >= 0.6 is 12.4 Å². The molecule has 9 heteroatoms. The smallest absolute Gasteiger partial charge is 0.302 e. The van der Waals surface area contributed by atoms with Gasteiger partial charge in [-0.3, -0.25) is 4.31 Å². The highest BCUT2D eigenvalue weighted by Gasteiger charge is 2.32. The number of hydrogen-bond acceptors (Lipinski definition) is 4. The van der Waals surface area contributed by atoms with Crippen molar-refractivity contribution in [1.82, 2.24) is 10.0 Å². The molecule has 4 rings (SSSR count). The van der Waals surface area contributed by atoms with E-state index in [9.17, 15) is 12.8 Å². The summed E-state index contributed by atoms with van der Waals surface area (Å²) in [6.07, 6.45) is 0. The van der Waals surface area contributed by atoms with Crippen LogP contribution in [0.15, 0.2) is 42.5 Å². The number of piperazine rings is 1. The first kappa shape index (κ1) is 19.9. The predicted octanol–water partition coefficient (Wildman–Crippen LogP) is 2.01. The normalized spacial score (nSPS) is 18.6. The fourth-order valence-electron chi connectivity index (χ4n) is 3.50. The summed E-state index contributed by atoms with van der Waals surface area (Å²) in [5, 5.41) is 3.32. The average molecular weight is 413 g/mol. The molecule has 2 aliphatic rings. The molecular formula is C18H22ClFN4O2S. The number of nitrogens with zero attached hydrogens (tertiary/aromatic N) is 2. The summed E-state index contributed by atoms with van der Waals surface area (Å²) in [6, 6.07) is 11.9. The second-order valence-electron chi connectivity index (χ2n) is 6.44. The molecule has 0 amide bonds. The minimum Gasteiger partial charge on any atom is -0.369 e. The molecule has 0 aromatic heterocycles. The van der Waals surface area contributed by atoms with Gasteiger partial charge in [0.25, 0.3) is 0 Å². The first-order valence-corrected chi connectivity index (χ1v) is 10.1. The molecule has 0 bridgehead atoms. The van der Waals surface area contributed by atoms with Crippen molar-refractivity contribution < 1.29 is 12.8 Å². The van der Waals surface area contributed by atoms with Crippen LogP contribution in [0.25, 0.3) is 0 Å². The predicted molar refractivity (Wildman–Crippen MR) is 107 cm³/mol. The molecule has 0 unspecified atom stereocenters. The van der Waals surface area contributed by atoms with Gasteiger partial charge in [0.15, 0.2) is 0 Å². The molecule has 2 aliphatic heterocycles. The van der Waals surface area contributed by atoms with E-state index in [4.69, 9.17) is 0 Å². The zero-order valence-electron chi connectivity index (χ0n) is 14.7. The van der Waals surface area contributed by atoms with Crippen LogP contribution in [0.5, 0.6) is 0 Å². The summed E-state index contributed by atoms with van der Waals surface area (Å²) in [5.41, 5.74) is 2.92. The third kappa shape index (κ3) is 3.89. The van der Waals surface area contributed by atoms with Crippen molar-refractivity contribution in [3.8, 4) is 0 Å². The lowest BCUT2D eigenvalue weighted by atomic mass is 10.1. The molecule has 27 heavy (non-hydrogen) atoms. The number of benzene rings is 2. The first-order valence-electron chi connectivity index (χ1n) is 8.64. The molecule has 2 heterocycles. The van der Waals surface area contributed by atoms with E-state index in [1.165, 1.54) is 10.4 Å². The molecule has 2 aromatic rings. The van der Waals surface area contributed by atoms with Gasteiger partial charge in [0.1, 0.15) is 5.82 Å². The van der Waals surface area contributed by atoms with Gasteiger partial charge in [-0.05, 0) is 18.2 Å². The van der Waals surface area contributed by atoms with E-state index in [0.29, 0.717) is 11.3 Å². The van der Waals surface area contributed by atoms with E-state index < -0.39 is 16.0 Å². The summed E-state index contributed by atoms with van der Waals surface area (Å²) < 4.78 is 43.2. The number of rotatable bonds is 3. The Morgan fingerprint density at radius 2 is 1.70 bits per heavy atom. The zero-order chi connectivity index (χ0) is 18.1. The Hall–Kier alpha value is -1.87. The van der Waals surface area contributed by atoms with E-state index >= 15 is 0 Å². The number of anilines is 2. The molecule has 2 N–H and O–H groups in total. The van der Waals surface area contributed by atoms with Crippen molar-refractivity contribution in [3.63, 3.8) is 0 Å². The molecule has 0 spiro atoms. The van der Waals surface area contributed by atoms with Gasteiger partial charge in [-0.25, -0.2) is 4.39 Å². The third-order valence-electron chi connectivity index (χ3n) is 4.85. The summed E-state index contributed by atoms with van der Waals surface area (Å²) in [6.45, 7) is 3.74. The topological polar surface area (TPSA) is 64.7 Å². The van der Waals surface area contributed by atoms with Crippen molar-refractivity contribution in [1.29, 1.82) is 0 Å². The van der Waals surface area contributed by atoms with Crippen molar-refractivity contribution in [2.45, 2.75) is 13.1 Å². The van der Waals surface area contributed by atoms with Crippen LogP contribution in [0, 0.1) is 5.82 Å². The van der Waals surface area contributed by atoms with Crippen LogP contribution in [-0.4, -0.2) is 34.6 Å². The Bertz CT molecular complexity index is 919. The number of nitrogens with one attached hydrogen (secondary N) is 2. The monoisotopic (exact) mass is 412 g/mol. The fraction of sp³-hybridized carbons (Fsp3) is 0.333.